The summed E-state index contributed by atoms with van der Waals surface area (Å²) in [5, 5.41) is 11.3. The highest BCUT2D eigenvalue weighted by Gasteiger charge is 2.11. The van der Waals surface area contributed by atoms with Crippen LogP contribution in [-0.2, 0) is 9.59 Å². The van der Waals surface area contributed by atoms with E-state index < -0.39 is 5.97 Å². The first-order chi connectivity index (χ1) is 8.49. The summed E-state index contributed by atoms with van der Waals surface area (Å²) in [6, 6.07) is 7.34. The summed E-state index contributed by atoms with van der Waals surface area (Å²) in [6.45, 7) is 1.80. The molecule has 1 aromatic rings. The SMILES string of the molecule is CC(CC(=O)O)SCC(=O)Nc1ccccc1Br. The van der Waals surface area contributed by atoms with Gasteiger partial charge in [-0.1, -0.05) is 19.1 Å². The number of thioether (sulfide) groups is 1. The summed E-state index contributed by atoms with van der Waals surface area (Å²) in [5.41, 5.74) is 0.717. The second-order valence-electron chi connectivity index (χ2n) is 3.75. The fourth-order valence-corrected chi connectivity index (χ4v) is 2.42. The van der Waals surface area contributed by atoms with Crippen LogP contribution in [0.15, 0.2) is 28.7 Å². The molecule has 1 amide bonds. The lowest BCUT2D eigenvalue weighted by Crippen LogP contribution is -2.17. The van der Waals surface area contributed by atoms with Gasteiger partial charge in [0.05, 0.1) is 17.9 Å². The molecule has 98 valence electrons. The fourth-order valence-electron chi connectivity index (χ4n) is 1.27. The summed E-state index contributed by atoms with van der Waals surface area (Å²) < 4.78 is 0.821. The quantitative estimate of drug-likeness (QED) is 0.840. The summed E-state index contributed by atoms with van der Waals surface area (Å²) in [6.07, 6.45) is 0.0625. The van der Waals surface area contributed by atoms with Crippen LogP contribution in [-0.4, -0.2) is 28.0 Å². The molecule has 0 aromatic heterocycles. The van der Waals surface area contributed by atoms with Crippen LogP contribution in [0, 0.1) is 0 Å². The third kappa shape index (κ3) is 5.55. The lowest BCUT2D eigenvalue weighted by atomic mass is 10.3. The molecule has 1 unspecified atom stereocenters. The Kier molecular flexibility index (Phi) is 6.21. The first-order valence-corrected chi connectivity index (χ1v) is 7.21. The van der Waals surface area contributed by atoms with Crippen LogP contribution >= 0.6 is 27.7 Å². The minimum absolute atomic E-state index is 0.0625. The standard InChI is InChI=1S/C12H14BrNO3S/c1-8(6-12(16)17)18-7-11(15)14-10-5-3-2-4-9(10)13/h2-5,8H,6-7H2,1H3,(H,14,15)(H,16,17). The summed E-state index contributed by atoms with van der Waals surface area (Å²) in [7, 11) is 0. The predicted molar refractivity (Wildman–Crippen MR) is 76.9 cm³/mol. The third-order valence-electron chi connectivity index (χ3n) is 2.11. The van der Waals surface area contributed by atoms with Crippen molar-refractivity contribution in [2.75, 3.05) is 11.1 Å². The normalized spacial score (nSPS) is 11.9. The van der Waals surface area contributed by atoms with Crippen molar-refractivity contribution in [1.29, 1.82) is 0 Å². The average molecular weight is 332 g/mol. The van der Waals surface area contributed by atoms with Crippen LogP contribution < -0.4 is 5.32 Å². The zero-order chi connectivity index (χ0) is 13.5. The van der Waals surface area contributed by atoms with Crippen molar-refractivity contribution >= 4 is 45.3 Å². The Labute approximate surface area is 118 Å². The fraction of sp³-hybridized carbons (Fsp3) is 0.333. The molecule has 1 aromatic carbocycles. The number of anilines is 1. The van der Waals surface area contributed by atoms with Gasteiger partial charge in [-0.2, -0.15) is 0 Å². The molecular formula is C12H14BrNO3S. The van der Waals surface area contributed by atoms with Crippen molar-refractivity contribution in [2.45, 2.75) is 18.6 Å². The van der Waals surface area contributed by atoms with Crippen LogP contribution in [0.3, 0.4) is 0 Å². The molecule has 0 saturated carbocycles. The van der Waals surface area contributed by atoms with Gasteiger partial charge in [-0.25, -0.2) is 0 Å². The predicted octanol–water partition coefficient (Wildman–Crippen LogP) is 2.98. The molecule has 1 rings (SSSR count). The molecule has 0 bridgehead atoms. The number of para-hydroxylation sites is 1. The van der Waals surface area contributed by atoms with Crippen molar-refractivity contribution in [2.24, 2.45) is 0 Å². The smallest absolute Gasteiger partial charge is 0.304 e. The minimum atomic E-state index is -0.846. The van der Waals surface area contributed by atoms with Crippen molar-refractivity contribution in [3.05, 3.63) is 28.7 Å². The maximum atomic E-state index is 11.7. The van der Waals surface area contributed by atoms with Crippen LogP contribution in [0.4, 0.5) is 5.69 Å². The molecule has 0 spiro atoms. The lowest BCUT2D eigenvalue weighted by molar-refractivity contribution is -0.136. The first kappa shape index (κ1) is 15.0. The van der Waals surface area contributed by atoms with Gasteiger partial charge in [0.2, 0.25) is 5.91 Å². The van der Waals surface area contributed by atoms with Gasteiger partial charge in [-0.15, -0.1) is 11.8 Å². The van der Waals surface area contributed by atoms with E-state index in [0.29, 0.717) is 5.69 Å². The van der Waals surface area contributed by atoms with Gasteiger partial charge >= 0.3 is 5.97 Å². The Morgan fingerprint density at radius 3 is 2.72 bits per heavy atom. The molecule has 0 aliphatic carbocycles. The van der Waals surface area contributed by atoms with E-state index in [4.69, 9.17) is 5.11 Å². The molecule has 0 radical (unpaired) electrons. The molecule has 4 nitrogen and oxygen atoms in total. The van der Waals surface area contributed by atoms with E-state index in [2.05, 4.69) is 21.2 Å². The third-order valence-corrected chi connectivity index (χ3v) is 3.97. The van der Waals surface area contributed by atoms with E-state index in [-0.39, 0.29) is 23.3 Å². The number of carbonyl (C=O) groups excluding carboxylic acids is 1. The van der Waals surface area contributed by atoms with Crippen LogP contribution in [0.1, 0.15) is 13.3 Å². The van der Waals surface area contributed by atoms with Crippen molar-refractivity contribution in [3.8, 4) is 0 Å². The average Bonchev–Trinajstić information content (AvgIpc) is 2.29. The number of hydrogen-bond donors (Lipinski definition) is 2. The molecule has 0 aliphatic heterocycles. The van der Waals surface area contributed by atoms with Crippen LogP contribution in [0.5, 0.6) is 0 Å². The highest BCUT2D eigenvalue weighted by molar-refractivity contribution is 9.10. The second kappa shape index (κ2) is 7.43. The summed E-state index contributed by atoms with van der Waals surface area (Å²) in [4.78, 5) is 22.1. The van der Waals surface area contributed by atoms with E-state index >= 15 is 0 Å². The Hall–Kier alpha value is -1.01. The zero-order valence-corrected chi connectivity index (χ0v) is 12.3. The first-order valence-electron chi connectivity index (χ1n) is 5.37. The molecule has 2 N–H and O–H groups in total. The lowest BCUT2D eigenvalue weighted by Gasteiger charge is -2.09. The molecule has 0 saturated heterocycles. The van der Waals surface area contributed by atoms with Gasteiger partial charge in [0.1, 0.15) is 0 Å². The van der Waals surface area contributed by atoms with Crippen LogP contribution in [0.2, 0.25) is 0 Å². The van der Waals surface area contributed by atoms with E-state index in [1.54, 1.807) is 13.0 Å². The molecule has 18 heavy (non-hydrogen) atoms. The van der Waals surface area contributed by atoms with Gasteiger partial charge < -0.3 is 10.4 Å². The highest BCUT2D eigenvalue weighted by Crippen LogP contribution is 2.22. The van der Waals surface area contributed by atoms with Gasteiger partial charge in [0.25, 0.3) is 0 Å². The molecule has 0 heterocycles. The Morgan fingerprint density at radius 1 is 1.44 bits per heavy atom. The number of carboxylic acids is 1. The maximum Gasteiger partial charge on any atom is 0.304 e. The molecule has 1 atom stereocenters. The number of rotatable bonds is 6. The van der Waals surface area contributed by atoms with Crippen molar-refractivity contribution in [1.82, 2.24) is 0 Å². The number of halogens is 1. The van der Waals surface area contributed by atoms with Crippen LogP contribution in [0.25, 0.3) is 0 Å². The van der Waals surface area contributed by atoms with E-state index in [0.717, 1.165) is 4.47 Å². The van der Waals surface area contributed by atoms with Crippen molar-refractivity contribution in [3.63, 3.8) is 0 Å². The molecule has 6 heteroatoms. The highest BCUT2D eigenvalue weighted by atomic mass is 79.9. The molecule has 0 aliphatic rings. The second-order valence-corrected chi connectivity index (χ2v) is 6.03. The van der Waals surface area contributed by atoms with E-state index in [1.807, 2.05) is 18.2 Å². The van der Waals surface area contributed by atoms with Crippen molar-refractivity contribution < 1.29 is 14.7 Å². The molecular weight excluding hydrogens is 318 g/mol. The topological polar surface area (TPSA) is 66.4 Å². The van der Waals surface area contributed by atoms with Gasteiger partial charge in [-0.05, 0) is 28.1 Å². The Morgan fingerprint density at radius 2 is 2.11 bits per heavy atom. The number of amides is 1. The monoisotopic (exact) mass is 331 g/mol. The largest absolute Gasteiger partial charge is 0.481 e. The number of benzene rings is 1. The minimum Gasteiger partial charge on any atom is -0.481 e. The number of carbonyl (C=O) groups is 2. The number of aliphatic carboxylic acids is 1. The van der Waals surface area contributed by atoms with Gasteiger partial charge in [0.15, 0.2) is 0 Å². The number of carboxylic acid groups (broad SMARTS) is 1. The summed E-state index contributed by atoms with van der Waals surface area (Å²) >= 11 is 4.67. The van der Waals surface area contributed by atoms with E-state index in [1.165, 1.54) is 11.8 Å². The van der Waals surface area contributed by atoms with Gasteiger partial charge in [0, 0.05) is 9.72 Å². The Bertz CT molecular complexity index is 439. The zero-order valence-electron chi connectivity index (χ0n) is 9.85. The number of hydrogen-bond acceptors (Lipinski definition) is 3. The maximum absolute atomic E-state index is 11.7. The van der Waals surface area contributed by atoms with E-state index in [9.17, 15) is 9.59 Å². The summed E-state index contributed by atoms with van der Waals surface area (Å²) in [5.74, 6) is -0.735. The molecule has 0 fully saturated rings. The van der Waals surface area contributed by atoms with Gasteiger partial charge in [-0.3, -0.25) is 9.59 Å². The Balaban J connectivity index is 2.39. The number of nitrogens with one attached hydrogen (secondary N) is 1.